The van der Waals surface area contributed by atoms with E-state index in [0.29, 0.717) is 0 Å². The van der Waals surface area contributed by atoms with Crippen LogP contribution in [0.15, 0.2) is 82.1 Å². The maximum Gasteiger partial charge on any atom is 0.248 e. The standard InChI is InChI=1S/C24H24N2O/c1-3-20-19-12-11-17(2)24(20,21-13-14-23(27)26-22(21)16-19)25-15-7-10-18-8-5-4-6-9-18/h3-15,17,19H,16H2,1-2H3,(H,26,27)/b10-7+,20-3?,25-15?. The predicted molar refractivity (Wildman–Crippen MR) is 112 cm³/mol. The third kappa shape index (κ3) is 2.93. The van der Waals surface area contributed by atoms with Crippen LogP contribution in [0.2, 0.25) is 0 Å². The van der Waals surface area contributed by atoms with Gasteiger partial charge in [0, 0.05) is 35.4 Å². The highest BCUT2D eigenvalue weighted by Gasteiger charge is 2.48. The number of rotatable bonds is 3. The first kappa shape index (κ1) is 17.5. The molecule has 0 saturated carbocycles. The van der Waals surface area contributed by atoms with Gasteiger partial charge in [-0.25, -0.2) is 0 Å². The third-order valence-corrected chi connectivity index (χ3v) is 5.73. The zero-order valence-electron chi connectivity index (χ0n) is 15.7. The van der Waals surface area contributed by atoms with Gasteiger partial charge in [0.05, 0.1) is 0 Å². The van der Waals surface area contributed by atoms with Crippen molar-refractivity contribution >= 4 is 12.3 Å². The zero-order valence-corrected chi connectivity index (χ0v) is 15.7. The van der Waals surface area contributed by atoms with Gasteiger partial charge in [0.25, 0.3) is 0 Å². The largest absolute Gasteiger partial charge is 0.326 e. The van der Waals surface area contributed by atoms with Crippen LogP contribution >= 0.6 is 0 Å². The summed E-state index contributed by atoms with van der Waals surface area (Å²) in [7, 11) is 0. The molecule has 1 aromatic carbocycles. The molecule has 4 rings (SSSR count). The summed E-state index contributed by atoms with van der Waals surface area (Å²) in [6.45, 7) is 4.30. The molecule has 0 fully saturated rings. The quantitative estimate of drug-likeness (QED) is 0.630. The van der Waals surface area contributed by atoms with Crippen LogP contribution in [0, 0.1) is 11.8 Å². The summed E-state index contributed by atoms with van der Waals surface area (Å²) >= 11 is 0. The Morgan fingerprint density at radius 2 is 1.96 bits per heavy atom. The smallest absolute Gasteiger partial charge is 0.248 e. The van der Waals surface area contributed by atoms with Crippen LogP contribution < -0.4 is 5.56 Å². The molecule has 0 aliphatic heterocycles. The van der Waals surface area contributed by atoms with Crippen LogP contribution in [-0.2, 0) is 12.0 Å². The number of H-pyrrole nitrogens is 1. The number of aliphatic imine (C=N–C) groups is 1. The molecule has 27 heavy (non-hydrogen) atoms. The minimum absolute atomic E-state index is 0.0458. The Balaban J connectivity index is 1.81. The number of nitrogens with zero attached hydrogens (tertiary/aromatic N) is 1. The first-order valence-electron chi connectivity index (χ1n) is 9.50. The van der Waals surface area contributed by atoms with Gasteiger partial charge in [-0.15, -0.1) is 0 Å². The Hall–Kier alpha value is -2.94. The van der Waals surface area contributed by atoms with Crippen molar-refractivity contribution < 1.29 is 0 Å². The fourth-order valence-electron chi connectivity index (χ4n) is 4.50. The topological polar surface area (TPSA) is 45.2 Å². The average molecular weight is 356 g/mol. The highest BCUT2D eigenvalue weighted by molar-refractivity contribution is 5.79. The van der Waals surface area contributed by atoms with Gasteiger partial charge >= 0.3 is 0 Å². The van der Waals surface area contributed by atoms with Crippen LogP contribution in [0.5, 0.6) is 0 Å². The molecule has 0 radical (unpaired) electrons. The summed E-state index contributed by atoms with van der Waals surface area (Å²) in [5.74, 6) is 0.498. The number of allylic oxidation sites excluding steroid dienone is 3. The van der Waals surface area contributed by atoms with Crippen LogP contribution in [0.25, 0.3) is 6.08 Å². The summed E-state index contributed by atoms with van der Waals surface area (Å²) < 4.78 is 0. The van der Waals surface area contributed by atoms with E-state index in [4.69, 9.17) is 4.99 Å². The van der Waals surface area contributed by atoms with E-state index in [2.05, 4.69) is 55.3 Å². The van der Waals surface area contributed by atoms with Gasteiger partial charge < -0.3 is 4.98 Å². The molecule has 3 atom stereocenters. The van der Waals surface area contributed by atoms with Gasteiger partial charge in [-0.2, -0.15) is 0 Å². The minimum Gasteiger partial charge on any atom is -0.326 e. The first-order chi connectivity index (χ1) is 13.1. The van der Waals surface area contributed by atoms with Crippen molar-refractivity contribution in [2.45, 2.75) is 25.8 Å². The highest BCUT2D eigenvalue weighted by Crippen LogP contribution is 2.52. The Kier molecular flexibility index (Phi) is 4.53. The molecule has 2 aromatic rings. The van der Waals surface area contributed by atoms with Crippen molar-refractivity contribution in [2.24, 2.45) is 16.8 Å². The molecule has 0 saturated heterocycles. The summed E-state index contributed by atoms with van der Waals surface area (Å²) in [6, 6.07) is 13.8. The maximum absolute atomic E-state index is 11.9. The number of aromatic amines is 1. The average Bonchev–Trinajstić information content (AvgIpc) is 2.68. The lowest BCUT2D eigenvalue weighted by molar-refractivity contribution is 0.341. The molecule has 0 spiro atoms. The fraction of sp³-hybridized carbons (Fsp3) is 0.250. The van der Waals surface area contributed by atoms with E-state index < -0.39 is 5.54 Å². The molecule has 136 valence electrons. The summed E-state index contributed by atoms with van der Waals surface area (Å²) in [5, 5.41) is 0. The second-order valence-electron chi connectivity index (χ2n) is 7.26. The predicted octanol–water partition coefficient (Wildman–Crippen LogP) is 4.68. The number of hydrogen-bond donors (Lipinski definition) is 1. The number of fused-ring (bicyclic) bond motifs is 4. The second kappa shape index (κ2) is 6.99. The van der Waals surface area contributed by atoms with E-state index in [9.17, 15) is 4.79 Å². The Morgan fingerprint density at radius 3 is 2.74 bits per heavy atom. The lowest BCUT2D eigenvalue weighted by Gasteiger charge is -2.47. The lowest BCUT2D eigenvalue weighted by Crippen LogP contribution is -2.44. The van der Waals surface area contributed by atoms with Gasteiger partial charge in [-0.1, -0.05) is 61.6 Å². The van der Waals surface area contributed by atoms with E-state index in [0.717, 1.165) is 23.2 Å². The molecule has 1 heterocycles. The van der Waals surface area contributed by atoms with E-state index >= 15 is 0 Å². The molecule has 3 unspecified atom stereocenters. The molecular formula is C24H24N2O. The van der Waals surface area contributed by atoms with Crippen LogP contribution in [-0.4, -0.2) is 11.2 Å². The van der Waals surface area contributed by atoms with Gasteiger partial charge in [0.15, 0.2) is 0 Å². The third-order valence-electron chi connectivity index (χ3n) is 5.73. The van der Waals surface area contributed by atoms with Crippen molar-refractivity contribution in [3.8, 4) is 0 Å². The van der Waals surface area contributed by atoms with E-state index in [1.54, 1.807) is 6.07 Å². The Morgan fingerprint density at radius 1 is 1.15 bits per heavy atom. The number of aromatic nitrogens is 1. The monoisotopic (exact) mass is 356 g/mol. The minimum atomic E-state index is -0.451. The maximum atomic E-state index is 11.9. The zero-order chi connectivity index (χ0) is 18.9. The number of benzene rings is 1. The van der Waals surface area contributed by atoms with E-state index in [-0.39, 0.29) is 17.4 Å². The first-order valence-corrected chi connectivity index (χ1v) is 9.50. The molecule has 1 N–H and O–H groups in total. The number of nitrogens with one attached hydrogen (secondary N) is 1. The SMILES string of the molecule is CC=C1C2C=CC(C)C1(N=C/C=C/c1ccccc1)c1ccc(=O)[nH]c1C2. The highest BCUT2D eigenvalue weighted by atomic mass is 16.1. The number of hydrogen-bond acceptors (Lipinski definition) is 2. The van der Waals surface area contributed by atoms with Gasteiger partial charge in [0.1, 0.15) is 5.54 Å². The summed E-state index contributed by atoms with van der Waals surface area (Å²) in [5.41, 5.74) is 4.10. The molecule has 3 nitrogen and oxygen atoms in total. The second-order valence-corrected chi connectivity index (χ2v) is 7.26. The normalized spacial score (nSPS) is 28.1. The van der Waals surface area contributed by atoms with Gasteiger partial charge in [-0.3, -0.25) is 9.79 Å². The lowest BCUT2D eigenvalue weighted by atomic mass is 9.61. The van der Waals surface area contributed by atoms with E-state index in [1.807, 2.05) is 36.6 Å². The van der Waals surface area contributed by atoms with Crippen molar-refractivity contribution in [2.75, 3.05) is 0 Å². The Labute approximate surface area is 159 Å². The van der Waals surface area contributed by atoms with Crippen molar-refractivity contribution in [1.29, 1.82) is 0 Å². The molecule has 2 bridgehead atoms. The van der Waals surface area contributed by atoms with Crippen LogP contribution in [0.1, 0.15) is 30.7 Å². The van der Waals surface area contributed by atoms with Gasteiger partial charge in [0.2, 0.25) is 5.56 Å². The molecule has 2 aliphatic carbocycles. The molecule has 2 aliphatic rings. The van der Waals surface area contributed by atoms with Crippen LogP contribution in [0.4, 0.5) is 0 Å². The fourth-order valence-corrected chi connectivity index (χ4v) is 4.50. The van der Waals surface area contributed by atoms with Crippen LogP contribution in [0.3, 0.4) is 0 Å². The van der Waals surface area contributed by atoms with Crippen molar-refractivity contribution in [1.82, 2.24) is 4.98 Å². The molecular weight excluding hydrogens is 332 g/mol. The molecule has 3 heteroatoms. The summed E-state index contributed by atoms with van der Waals surface area (Å²) in [6.07, 6.45) is 13.5. The van der Waals surface area contributed by atoms with Crippen molar-refractivity contribution in [3.63, 3.8) is 0 Å². The Bertz CT molecular complexity index is 1010. The molecule has 1 aromatic heterocycles. The number of pyridine rings is 1. The van der Waals surface area contributed by atoms with E-state index in [1.165, 1.54) is 5.57 Å². The van der Waals surface area contributed by atoms with Crippen molar-refractivity contribution in [3.05, 3.63) is 99.5 Å². The molecule has 0 amide bonds. The summed E-state index contributed by atoms with van der Waals surface area (Å²) in [4.78, 5) is 20.0. The van der Waals surface area contributed by atoms with Gasteiger partial charge in [-0.05, 0) is 36.6 Å².